The van der Waals surface area contributed by atoms with Crippen LogP contribution in [0.1, 0.15) is 29.6 Å². The molecule has 2 rings (SSSR count). The molecule has 0 saturated heterocycles. The third-order valence-electron chi connectivity index (χ3n) is 2.65. The average Bonchev–Trinajstić information content (AvgIpc) is 2.23. The van der Waals surface area contributed by atoms with E-state index in [9.17, 15) is 14.9 Å². The molecule has 0 amide bonds. The third-order valence-corrected chi connectivity index (χ3v) is 2.65. The molecule has 0 atom stereocenters. The van der Waals surface area contributed by atoms with Crippen molar-refractivity contribution in [3.05, 3.63) is 39.9 Å². The van der Waals surface area contributed by atoms with Crippen molar-refractivity contribution in [2.24, 2.45) is 0 Å². The predicted molar refractivity (Wildman–Crippen MR) is 56.2 cm³/mol. The zero-order valence-electron chi connectivity index (χ0n) is 8.59. The van der Waals surface area contributed by atoms with Crippen LogP contribution in [0.5, 0.6) is 0 Å². The number of carbonyl (C=O) groups excluding carboxylic acids is 1. The van der Waals surface area contributed by atoms with Gasteiger partial charge in [-0.25, -0.2) is 4.79 Å². The zero-order valence-corrected chi connectivity index (χ0v) is 8.59. The fourth-order valence-corrected chi connectivity index (χ4v) is 1.51. The Hall–Kier alpha value is -1.91. The van der Waals surface area contributed by atoms with Crippen molar-refractivity contribution in [2.45, 2.75) is 25.4 Å². The number of nitro groups is 1. The monoisotopic (exact) mass is 221 g/mol. The molecule has 1 saturated carbocycles. The minimum atomic E-state index is -0.600. The third kappa shape index (κ3) is 2.03. The molecular weight excluding hydrogens is 210 g/mol. The predicted octanol–water partition coefficient (Wildman–Crippen LogP) is 2.30. The summed E-state index contributed by atoms with van der Waals surface area (Å²) >= 11 is 0. The van der Waals surface area contributed by atoms with Crippen LogP contribution in [0.4, 0.5) is 5.69 Å². The van der Waals surface area contributed by atoms with Crippen LogP contribution in [0.15, 0.2) is 24.3 Å². The summed E-state index contributed by atoms with van der Waals surface area (Å²) in [6.07, 6.45) is 2.69. The highest BCUT2D eigenvalue weighted by molar-refractivity contribution is 5.93. The largest absolute Gasteiger partial charge is 0.459 e. The van der Waals surface area contributed by atoms with Gasteiger partial charge >= 0.3 is 5.97 Å². The molecule has 1 aliphatic rings. The fraction of sp³-hybridized carbons (Fsp3) is 0.364. The molecular formula is C11H11NO4. The molecule has 0 aliphatic heterocycles. The fourth-order valence-electron chi connectivity index (χ4n) is 1.51. The number of nitrogens with zero attached hydrogens (tertiary/aromatic N) is 1. The molecule has 1 aromatic rings. The van der Waals surface area contributed by atoms with Crippen molar-refractivity contribution in [3.63, 3.8) is 0 Å². The summed E-state index contributed by atoms with van der Waals surface area (Å²) in [5, 5.41) is 10.7. The smallest absolute Gasteiger partial charge is 0.345 e. The molecule has 0 unspecified atom stereocenters. The summed E-state index contributed by atoms with van der Waals surface area (Å²) in [6, 6.07) is 5.83. The van der Waals surface area contributed by atoms with Gasteiger partial charge in [-0.1, -0.05) is 12.1 Å². The van der Waals surface area contributed by atoms with Gasteiger partial charge in [0.15, 0.2) is 0 Å². The maximum Gasteiger partial charge on any atom is 0.345 e. The Balaban J connectivity index is 2.18. The van der Waals surface area contributed by atoms with E-state index in [0.717, 1.165) is 19.3 Å². The molecule has 0 heterocycles. The van der Waals surface area contributed by atoms with Gasteiger partial charge in [0.1, 0.15) is 11.7 Å². The van der Waals surface area contributed by atoms with E-state index in [0.29, 0.717) is 0 Å². The van der Waals surface area contributed by atoms with E-state index in [1.165, 1.54) is 18.2 Å². The number of para-hydroxylation sites is 1. The highest BCUT2D eigenvalue weighted by Gasteiger charge is 2.26. The van der Waals surface area contributed by atoms with Crippen LogP contribution in [0.3, 0.4) is 0 Å². The molecule has 1 fully saturated rings. The van der Waals surface area contributed by atoms with Crippen molar-refractivity contribution in [1.29, 1.82) is 0 Å². The van der Waals surface area contributed by atoms with Gasteiger partial charge in [0.2, 0.25) is 0 Å². The molecule has 0 spiro atoms. The molecule has 1 aliphatic carbocycles. The van der Waals surface area contributed by atoms with Crippen molar-refractivity contribution < 1.29 is 14.5 Å². The number of ether oxygens (including phenoxy) is 1. The molecule has 5 nitrogen and oxygen atoms in total. The maximum atomic E-state index is 11.6. The first-order valence-electron chi connectivity index (χ1n) is 5.13. The summed E-state index contributed by atoms with van der Waals surface area (Å²) in [5.41, 5.74) is -0.175. The first kappa shape index (κ1) is 10.6. The van der Waals surface area contributed by atoms with Gasteiger partial charge in [-0.05, 0) is 25.3 Å². The van der Waals surface area contributed by atoms with E-state index in [4.69, 9.17) is 4.74 Å². The van der Waals surface area contributed by atoms with Crippen molar-refractivity contribution in [2.75, 3.05) is 0 Å². The SMILES string of the molecule is O=C(OC1CCC1)c1ccccc1[N+](=O)[O-]. The summed E-state index contributed by atoms with van der Waals surface area (Å²) in [5.74, 6) is -0.600. The molecule has 1 aromatic carbocycles. The number of nitro benzene ring substituents is 1. The highest BCUT2D eigenvalue weighted by Crippen LogP contribution is 2.25. The molecule has 5 heteroatoms. The van der Waals surface area contributed by atoms with E-state index in [-0.39, 0.29) is 17.4 Å². The van der Waals surface area contributed by atoms with Gasteiger partial charge in [-0.3, -0.25) is 10.1 Å². The second-order valence-electron chi connectivity index (χ2n) is 3.73. The van der Waals surface area contributed by atoms with Crippen LogP contribution in [0, 0.1) is 10.1 Å². The first-order chi connectivity index (χ1) is 7.68. The van der Waals surface area contributed by atoms with Gasteiger partial charge in [-0.15, -0.1) is 0 Å². The Morgan fingerprint density at radius 1 is 1.38 bits per heavy atom. The maximum absolute atomic E-state index is 11.6. The lowest BCUT2D eigenvalue weighted by Gasteiger charge is -2.24. The van der Waals surface area contributed by atoms with E-state index >= 15 is 0 Å². The van der Waals surface area contributed by atoms with Gasteiger partial charge < -0.3 is 4.74 Å². The lowest BCUT2D eigenvalue weighted by Crippen LogP contribution is -2.25. The topological polar surface area (TPSA) is 69.4 Å². The normalized spacial score (nSPS) is 15.2. The Morgan fingerprint density at radius 3 is 2.62 bits per heavy atom. The van der Waals surface area contributed by atoms with Crippen LogP contribution >= 0.6 is 0 Å². The molecule has 84 valence electrons. The molecule has 0 aromatic heterocycles. The lowest BCUT2D eigenvalue weighted by molar-refractivity contribution is -0.385. The quantitative estimate of drug-likeness (QED) is 0.446. The van der Waals surface area contributed by atoms with E-state index in [2.05, 4.69) is 0 Å². The molecule has 0 radical (unpaired) electrons. The van der Waals surface area contributed by atoms with Crippen molar-refractivity contribution >= 4 is 11.7 Å². The van der Waals surface area contributed by atoms with Gasteiger partial charge in [0, 0.05) is 6.07 Å². The van der Waals surface area contributed by atoms with E-state index in [1.54, 1.807) is 6.07 Å². The number of benzene rings is 1. The molecule has 0 bridgehead atoms. The second kappa shape index (κ2) is 4.30. The van der Waals surface area contributed by atoms with E-state index in [1.807, 2.05) is 0 Å². The average molecular weight is 221 g/mol. The van der Waals surface area contributed by atoms with Crippen LogP contribution in [0.25, 0.3) is 0 Å². The molecule has 16 heavy (non-hydrogen) atoms. The van der Waals surface area contributed by atoms with Crippen LogP contribution in [-0.2, 0) is 4.74 Å². The summed E-state index contributed by atoms with van der Waals surface area (Å²) in [6.45, 7) is 0. The van der Waals surface area contributed by atoms with Crippen molar-refractivity contribution in [3.8, 4) is 0 Å². The number of rotatable bonds is 3. The minimum Gasteiger partial charge on any atom is -0.459 e. The van der Waals surface area contributed by atoms with Gasteiger partial charge in [0.25, 0.3) is 5.69 Å². The number of hydrogen-bond acceptors (Lipinski definition) is 4. The standard InChI is InChI=1S/C11H11NO4/c13-11(16-8-4-3-5-8)9-6-1-2-7-10(9)12(14)15/h1-2,6-8H,3-5H2. The summed E-state index contributed by atoms with van der Waals surface area (Å²) in [7, 11) is 0. The number of hydrogen-bond donors (Lipinski definition) is 0. The van der Waals surface area contributed by atoms with Gasteiger partial charge in [0.05, 0.1) is 4.92 Å². The van der Waals surface area contributed by atoms with Crippen LogP contribution in [-0.4, -0.2) is 17.0 Å². The highest BCUT2D eigenvalue weighted by atomic mass is 16.6. The first-order valence-corrected chi connectivity index (χ1v) is 5.13. The number of carbonyl (C=O) groups is 1. The second-order valence-corrected chi connectivity index (χ2v) is 3.73. The Kier molecular flexibility index (Phi) is 2.85. The summed E-state index contributed by atoms with van der Waals surface area (Å²) < 4.78 is 5.12. The Morgan fingerprint density at radius 2 is 2.06 bits per heavy atom. The van der Waals surface area contributed by atoms with E-state index < -0.39 is 10.9 Å². The van der Waals surface area contributed by atoms with Gasteiger partial charge in [-0.2, -0.15) is 0 Å². The van der Waals surface area contributed by atoms with Crippen LogP contribution in [0.2, 0.25) is 0 Å². The lowest BCUT2D eigenvalue weighted by atomic mass is 9.96. The number of esters is 1. The van der Waals surface area contributed by atoms with Crippen LogP contribution < -0.4 is 0 Å². The summed E-state index contributed by atoms with van der Waals surface area (Å²) in [4.78, 5) is 21.8. The Labute approximate surface area is 92.2 Å². The zero-order chi connectivity index (χ0) is 11.5. The molecule has 0 N–H and O–H groups in total. The van der Waals surface area contributed by atoms with Crippen molar-refractivity contribution in [1.82, 2.24) is 0 Å². The Bertz CT molecular complexity index is 426. The minimum absolute atomic E-state index is 0.0272.